The van der Waals surface area contributed by atoms with E-state index in [2.05, 4.69) is 13.8 Å². The Balaban J connectivity index is 2.53. The van der Waals surface area contributed by atoms with E-state index in [0.717, 1.165) is 30.4 Å². The molecule has 0 aliphatic rings. The number of benzene rings is 2. The summed E-state index contributed by atoms with van der Waals surface area (Å²) in [7, 11) is 3.92. The van der Waals surface area contributed by atoms with E-state index in [0.29, 0.717) is 13.2 Å². The Morgan fingerprint density at radius 2 is 1.50 bits per heavy atom. The van der Waals surface area contributed by atoms with E-state index in [-0.39, 0.29) is 12.1 Å². The number of ether oxygens (including phenoxy) is 2. The molecule has 0 spiro atoms. The average molecular weight is 384 g/mol. The summed E-state index contributed by atoms with van der Waals surface area (Å²) in [5.74, 6) is -0.360. The third kappa shape index (κ3) is 5.43. The van der Waals surface area contributed by atoms with Gasteiger partial charge in [-0.25, -0.2) is 4.79 Å². The number of esters is 1. The van der Waals surface area contributed by atoms with Gasteiger partial charge in [-0.05, 0) is 38.1 Å². The Kier molecular flexibility index (Phi) is 8.68. The number of nitrogens with zero attached hydrogens (tertiary/aromatic N) is 1. The van der Waals surface area contributed by atoms with Crippen LogP contribution in [0.2, 0.25) is 0 Å². The fourth-order valence-corrected chi connectivity index (χ4v) is 3.27. The predicted octanol–water partition coefficient (Wildman–Crippen LogP) is 4.63. The highest BCUT2D eigenvalue weighted by atomic mass is 16.6. The van der Waals surface area contributed by atoms with Gasteiger partial charge in [0, 0.05) is 6.54 Å². The minimum Gasteiger partial charge on any atom is -0.462 e. The van der Waals surface area contributed by atoms with Crippen LogP contribution in [0.3, 0.4) is 0 Å². The molecule has 0 saturated carbocycles. The SMILES string of the molecule is CCCC(CC)OC(C(=O)OCCN(C)C)(c1ccccc1)c1ccccc1. The molecule has 0 N–H and O–H groups in total. The molecule has 2 aromatic rings. The molecule has 0 saturated heterocycles. The molecule has 1 unspecified atom stereocenters. The van der Waals surface area contributed by atoms with E-state index >= 15 is 0 Å². The topological polar surface area (TPSA) is 38.8 Å². The highest BCUT2D eigenvalue weighted by molar-refractivity contribution is 5.86. The fraction of sp³-hybridized carbons (Fsp3) is 0.458. The van der Waals surface area contributed by atoms with E-state index in [9.17, 15) is 4.79 Å². The third-order valence-corrected chi connectivity index (χ3v) is 4.83. The second-order valence-electron chi connectivity index (χ2n) is 7.29. The van der Waals surface area contributed by atoms with Crippen LogP contribution in [0.1, 0.15) is 44.2 Å². The van der Waals surface area contributed by atoms with Crippen molar-refractivity contribution in [1.29, 1.82) is 0 Å². The number of rotatable bonds is 11. The van der Waals surface area contributed by atoms with Crippen molar-refractivity contribution >= 4 is 5.97 Å². The summed E-state index contributed by atoms with van der Waals surface area (Å²) in [5.41, 5.74) is 0.321. The van der Waals surface area contributed by atoms with Crippen LogP contribution in [-0.4, -0.2) is 44.2 Å². The van der Waals surface area contributed by atoms with Crippen LogP contribution >= 0.6 is 0 Å². The van der Waals surface area contributed by atoms with E-state index in [1.54, 1.807) is 0 Å². The Bertz CT molecular complexity index is 661. The van der Waals surface area contributed by atoms with Crippen LogP contribution in [0.15, 0.2) is 60.7 Å². The molecule has 2 rings (SSSR count). The second-order valence-corrected chi connectivity index (χ2v) is 7.29. The molecule has 0 aromatic heterocycles. The lowest BCUT2D eigenvalue weighted by Gasteiger charge is -2.36. The maximum atomic E-state index is 13.5. The standard InChI is InChI=1S/C24H33NO3/c1-5-13-22(6-2)28-24(20-14-9-7-10-15-20,21-16-11-8-12-17-21)23(26)27-19-18-25(3)4/h7-12,14-17,22H,5-6,13,18-19H2,1-4H3. The molecule has 4 nitrogen and oxygen atoms in total. The molecular weight excluding hydrogens is 350 g/mol. The highest BCUT2D eigenvalue weighted by Crippen LogP contribution is 2.37. The zero-order valence-corrected chi connectivity index (χ0v) is 17.6. The fourth-order valence-electron chi connectivity index (χ4n) is 3.27. The highest BCUT2D eigenvalue weighted by Gasteiger charge is 2.46. The summed E-state index contributed by atoms with van der Waals surface area (Å²) in [6.45, 7) is 5.21. The third-order valence-electron chi connectivity index (χ3n) is 4.83. The molecule has 2 aromatic carbocycles. The van der Waals surface area contributed by atoms with Crippen LogP contribution in [-0.2, 0) is 19.9 Å². The van der Waals surface area contributed by atoms with Gasteiger partial charge in [-0.2, -0.15) is 0 Å². The predicted molar refractivity (Wildman–Crippen MR) is 113 cm³/mol. The molecule has 28 heavy (non-hydrogen) atoms. The van der Waals surface area contributed by atoms with Gasteiger partial charge in [0.1, 0.15) is 6.61 Å². The lowest BCUT2D eigenvalue weighted by Crippen LogP contribution is -2.44. The number of carbonyl (C=O) groups excluding carboxylic acids is 1. The van der Waals surface area contributed by atoms with Gasteiger partial charge >= 0.3 is 5.97 Å². The van der Waals surface area contributed by atoms with Crippen LogP contribution < -0.4 is 0 Å². The first-order chi connectivity index (χ1) is 13.5. The van der Waals surface area contributed by atoms with Gasteiger partial charge in [0.25, 0.3) is 0 Å². The van der Waals surface area contributed by atoms with Crippen molar-refractivity contribution < 1.29 is 14.3 Å². The first kappa shape index (κ1) is 22.1. The summed E-state index contributed by atoms with van der Waals surface area (Å²) in [5, 5.41) is 0. The molecule has 0 aliphatic carbocycles. The maximum absolute atomic E-state index is 13.5. The van der Waals surface area contributed by atoms with Gasteiger partial charge in [0.2, 0.25) is 5.60 Å². The number of carbonyl (C=O) groups is 1. The smallest absolute Gasteiger partial charge is 0.347 e. The number of hydrogen-bond donors (Lipinski definition) is 0. The van der Waals surface area contributed by atoms with Gasteiger partial charge in [-0.1, -0.05) is 80.9 Å². The molecule has 0 amide bonds. The van der Waals surface area contributed by atoms with Gasteiger partial charge in [-0.3, -0.25) is 0 Å². The van der Waals surface area contributed by atoms with E-state index in [4.69, 9.17) is 9.47 Å². The minimum atomic E-state index is -1.27. The lowest BCUT2D eigenvalue weighted by molar-refractivity contribution is -0.176. The maximum Gasteiger partial charge on any atom is 0.347 e. The van der Waals surface area contributed by atoms with Crippen molar-refractivity contribution in [1.82, 2.24) is 4.90 Å². The summed E-state index contributed by atoms with van der Waals surface area (Å²) < 4.78 is 12.4. The molecular formula is C24H33NO3. The normalized spacial score (nSPS) is 12.8. The Morgan fingerprint density at radius 3 is 1.93 bits per heavy atom. The average Bonchev–Trinajstić information content (AvgIpc) is 2.72. The zero-order valence-electron chi connectivity index (χ0n) is 17.6. The molecule has 0 heterocycles. The molecule has 0 bridgehead atoms. The Morgan fingerprint density at radius 1 is 0.964 bits per heavy atom. The van der Waals surface area contributed by atoms with E-state index in [1.807, 2.05) is 79.7 Å². The van der Waals surface area contributed by atoms with Crippen molar-refractivity contribution in [2.24, 2.45) is 0 Å². The van der Waals surface area contributed by atoms with Crippen molar-refractivity contribution in [3.05, 3.63) is 71.8 Å². The molecule has 4 heteroatoms. The minimum absolute atomic E-state index is 0.0354. The van der Waals surface area contributed by atoms with Gasteiger partial charge in [-0.15, -0.1) is 0 Å². The number of hydrogen-bond acceptors (Lipinski definition) is 4. The molecule has 152 valence electrons. The molecule has 0 aliphatic heterocycles. The number of likely N-dealkylation sites (N-methyl/N-ethyl adjacent to an activating group) is 1. The van der Waals surface area contributed by atoms with Crippen molar-refractivity contribution in [3.63, 3.8) is 0 Å². The van der Waals surface area contributed by atoms with Crippen molar-refractivity contribution in [2.45, 2.75) is 44.8 Å². The monoisotopic (exact) mass is 383 g/mol. The summed E-state index contributed by atoms with van der Waals surface area (Å²) in [6, 6.07) is 19.4. The Labute approximate surface area is 169 Å². The lowest BCUT2D eigenvalue weighted by atomic mass is 9.85. The molecule has 0 fully saturated rings. The van der Waals surface area contributed by atoms with Crippen LogP contribution in [0.25, 0.3) is 0 Å². The largest absolute Gasteiger partial charge is 0.462 e. The molecule has 1 atom stereocenters. The van der Waals surface area contributed by atoms with Crippen molar-refractivity contribution in [2.75, 3.05) is 27.2 Å². The van der Waals surface area contributed by atoms with Crippen LogP contribution in [0, 0.1) is 0 Å². The van der Waals surface area contributed by atoms with Crippen molar-refractivity contribution in [3.8, 4) is 0 Å². The summed E-state index contributed by atoms with van der Waals surface area (Å²) in [4.78, 5) is 15.5. The van der Waals surface area contributed by atoms with Gasteiger partial charge in [0.15, 0.2) is 0 Å². The van der Waals surface area contributed by atoms with E-state index in [1.165, 1.54) is 0 Å². The first-order valence-corrected chi connectivity index (χ1v) is 10.1. The Hall–Kier alpha value is -2.17. The summed E-state index contributed by atoms with van der Waals surface area (Å²) in [6.07, 6.45) is 2.68. The second kappa shape index (κ2) is 11.0. The van der Waals surface area contributed by atoms with Crippen LogP contribution in [0.5, 0.6) is 0 Å². The summed E-state index contributed by atoms with van der Waals surface area (Å²) >= 11 is 0. The van der Waals surface area contributed by atoms with Gasteiger partial charge in [0.05, 0.1) is 6.10 Å². The quantitative estimate of drug-likeness (QED) is 0.530. The van der Waals surface area contributed by atoms with E-state index < -0.39 is 5.60 Å². The zero-order chi connectivity index (χ0) is 20.4. The van der Waals surface area contributed by atoms with Crippen LogP contribution in [0.4, 0.5) is 0 Å². The molecule has 0 radical (unpaired) electrons. The van der Waals surface area contributed by atoms with Gasteiger partial charge < -0.3 is 14.4 Å². The first-order valence-electron chi connectivity index (χ1n) is 10.1.